The maximum absolute atomic E-state index is 12.7. The van der Waals surface area contributed by atoms with Crippen LogP contribution in [0.1, 0.15) is 35.8 Å². The van der Waals surface area contributed by atoms with Crippen molar-refractivity contribution in [2.45, 2.75) is 26.2 Å². The minimum absolute atomic E-state index is 0.0941. The third-order valence-electron chi connectivity index (χ3n) is 5.07. The molecule has 2 heterocycles. The standard InChI is InChI=1S/C22H28N4O4/c1-3-30-19-7-5-17(15-20(19)29-2)6-8-21(27)25-11-4-12-26(14-13-25)22(28)18-16-23-9-10-24-18/h5,7,9-10,15-16H,3-4,6,8,11-14H2,1-2H3. The van der Waals surface area contributed by atoms with Crippen molar-refractivity contribution in [2.75, 3.05) is 39.9 Å². The Balaban J connectivity index is 1.53. The summed E-state index contributed by atoms with van der Waals surface area (Å²) in [5, 5.41) is 0. The lowest BCUT2D eigenvalue weighted by atomic mass is 10.1. The predicted octanol–water partition coefficient (Wildman–Crippen LogP) is 2.19. The molecule has 1 aromatic carbocycles. The van der Waals surface area contributed by atoms with Crippen molar-refractivity contribution in [1.82, 2.24) is 19.8 Å². The quantitative estimate of drug-likeness (QED) is 0.693. The SMILES string of the molecule is CCOc1ccc(CCC(=O)N2CCCN(C(=O)c3cnccn3)CC2)cc1OC. The van der Waals surface area contributed by atoms with Crippen LogP contribution in [0, 0.1) is 0 Å². The molecule has 0 N–H and O–H groups in total. The van der Waals surface area contributed by atoms with Gasteiger partial charge in [-0.1, -0.05) is 6.07 Å². The largest absolute Gasteiger partial charge is 0.493 e. The van der Waals surface area contributed by atoms with Gasteiger partial charge in [0.2, 0.25) is 5.91 Å². The summed E-state index contributed by atoms with van der Waals surface area (Å²) in [4.78, 5) is 36.9. The van der Waals surface area contributed by atoms with Crippen LogP contribution in [-0.2, 0) is 11.2 Å². The zero-order valence-electron chi connectivity index (χ0n) is 17.5. The summed E-state index contributed by atoms with van der Waals surface area (Å²) in [6.45, 7) is 4.77. The topological polar surface area (TPSA) is 84.9 Å². The summed E-state index contributed by atoms with van der Waals surface area (Å²) in [5.74, 6) is 1.33. The highest BCUT2D eigenvalue weighted by molar-refractivity contribution is 5.92. The number of methoxy groups -OCH3 is 1. The lowest BCUT2D eigenvalue weighted by molar-refractivity contribution is -0.131. The van der Waals surface area contributed by atoms with E-state index in [1.807, 2.05) is 30.0 Å². The van der Waals surface area contributed by atoms with Gasteiger partial charge in [-0.3, -0.25) is 14.6 Å². The third kappa shape index (κ3) is 5.46. The minimum Gasteiger partial charge on any atom is -0.493 e. The number of ether oxygens (including phenoxy) is 2. The second-order valence-electron chi connectivity index (χ2n) is 7.04. The van der Waals surface area contributed by atoms with E-state index in [1.54, 1.807) is 18.2 Å². The molecule has 0 aliphatic carbocycles. The van der Waals surface area contributed by atoms with E-state index in [2.05, 4.69) is 9.97 Å². The number of hydrogen-bond acceptors (Lipinski definition) is 6. The highest BCUT2D eigenvalue weighted by atomic mass is 16.5. The van der Waals surface area contributed by atoms with Crippen LogP contribution in [0.2, 0.25) is 0 Å². The van der Waals surface area contributed by atoms with Crippen LogP contribution in [0.3, 0.4) is 0 Å². The lowest BCUT2D eigenvalue weighted by Crippen LogP contribution is -2.37. The normalized spacial score (nSPS) is 14.2. The number of amides is 2. The van der Waals surface area contributed by atoms with Crippen molar-refractivity contribution >= 4 is 11.8 Å². The van der Waals surface area contributed by atoms with Crippen LogP contribution in [0.25, 0.3) is 0 Å². The summed E-state index contributed by atoms with van der Waals surface area (Å²) in [7, 11) is 1.61. The molecule has 0 spiro atoms. The van der Waals surface area contributed by atoms with Gasteiger partial charge in [0.05, 0.1) is 19.9 Å². The first-order valence-electron chi connectivity index (χ1n) is 10.2. The van der Waals surface area contributed by atoms with Gasteiger partial charge in [-0.2, -0.15) is 0 Å². The van der Waals surface area contributed by atoms with Crippen LogP contribution < -0.4 is 9.47 Å². The Hall–Kier alpha value is -3.16. The summed E-state index contributed by atoms with van der Waals surface area (Å²) in [5.41, 5.74) is 1.36. The minimum atomic E-state index is -0.140. The van der Waals surface area contributed by atoms with Crippen molar-refractivity contribution in [3.05, 3.63) is 48.0 Å². The van der Waals surface area contributed by atoms with E-state index in [4.69, 9.17) is 9.47 Å². The molecule has 1 fully saturated rings. The molecule has 0 bridgehead atoms. The van der Waals surface area contributed by atoms with Crippen molar-refractivity contribution in [2.24, 2.45) is 0 Å². The molecule has 8 heteroatoms. The zero-order chi connectivity index (χ0) is 21.3. The molecule has 8 nitrogen and oxygen atoms in total. The molecule has 0 radical (unpaired) electrons. The van der Waals surface area contributed by atoms with Gasteiger partial charge in [-0.15, -0.1) is 0 Å². The predicted molar refractivity (Wildman–Crippen MR) is 112 cm³/mol. The van der Waals surface area contributed by atoms with E-state index in [1.165, 1.54) is 12.4 Å². The smallest absolute Gasteiger partial charge is 0.274 e. The second-order valence-corrected chi connectivity index (χ2v) is 7.04. The Morgan fingerprint density at radius 3 is 2.60 bits per heavy atom. The molecule has 160 valence electrons. The summed E-state index contributed by atoms with van der Waals surface area (Å²) in [6, 6.07) is 5.76. The highest BCUT2D eigenvalue weighted by Gasteiger charge is 2.23. The van der Waals surface area contributed by atoms with Crippen molar-refractivity contribution in [1.29, 1.82) is 0 Å². The Morgan fingerprint density at radius 2 is 1.87 bits per heavy atom. The lowest BCUT2D eigenvalue weighted by Gasteiger charge is -2.22. The zero-order valence-corrected chi connectivity index (χ0v) is 17.5. The van der Waals surface area contributed by atoms with E-state index < -0.39 is 0 Å². The number of carbonyl (C=O) groups is 2. The van der Waals surface area contributed by atoms with E-state index in [0.29, 0.717) is 62.8 Å². The van der Waals surface area contributed by atoms with Crippen LogP contribution in [0.15, 0.2) is 36.8 Å². The van der Waals surface area contributed by atoms with Gasteiger partial charge in [0, 0.05) is 45.0 Å². The van der Waals surface area contributed by atoms with Gasteiger partial charge in [-0.25, -0.2) is 4.98 Å². The number of rotatable bonds is 7. The maximum atomic E-state index is 12.7. The van der Waals surface area contributed by atoms with Gasteiger partial charge >= 0.3 is 0 Å². The van der Waals surface area contributed by atoms with Crippen molar-refractivity contribution < 1.29 is 19.1 Å². The van der Waals surface area contributed by atoms with Gasteiger partial charge in [0.1, 0.15) is 5.69 Å². The van der Waals surface area contributed by atoms with Gasteiger partial charge in [0.25, 0.3) is 5.91 Å². The van der Waals surface area contributed by atoms with Crippen LogP contribution >= 0.6 is 0 Å². The number of carbonyl (C=O) groups excluding carboxylic acids is 2. The monoisotopic (exact) mass is 412 g/mol. The fourth-order valence-corrected chi connectivity index (χ4v) is 3.49. The Labute approximate surface area is 176 Å². The molecule has 2 amide bonds. The van der Waals surface area contributed by atoms with Gasteiger partial charge < -0.3 is 19.3 Å². The van der Waals surface area contributed by atoms with Gasteiger partial charge in [0.15, 0.2) is 11.5 Å². The first-order valence-corrected chi connectivity index (χ1v) is 10.2. The fraction of sp³-hybridized carbons (Fsp3) is 0.455. The number of nitrogens with zero attached hydrogens (tertiary/aromatic N) is 4. The van der Waals surface area contributed by atoms with Crippen LogP contribution in [-0.4, -0.2) is 71.5 Å². The van der Waals surface area contributed by atoms with E-state index in [0.717, 1.165) is 12.0 Å². The Bertz CT molecular complexity index is 859. The molecule has 0 unspecified atom stereocenters. The molecule has 30 heavy (non-hydrogen) atoms. The molecule has 1 aromatic heterocycles. The molecule has 1 aliphatic heterocycles. The van der Waals surface area contributed by atoms with Crippen molar-refractivity contribution in [3.63, 3.8) is 0 Å². The number of aryl methyl sites for hydroxylation is 1. The van der Waals surface area contributed by atoms with Crippen LogP contribution in [0.5, 0.6) is 11.5 Å². The number of hydrogen-bond donors (Lipinski definition) is 0. The molecular formula is C22H28N4O4. The maximum Gasteiger partial charge on any atom is 0.274 e. The van der Waals surface area contributed by atoms with Crippen LogP contribution in [0.4, 0.5) is 0 Å². The molecular weight excluding hydrogens is 384 g/mol. The molecule has 0 saturated carbocycles. The van der Waals surface area contributed by atoms with E-state index in [-0.39, 0.29) is 11.8 Å². The third-order valence-corrected chi connectivity index (χ3v) is 5.07. The Kier molecular flexibility index (Phi) is 7.59. The number of aromatic nitrogens is 2. The van der Waals surface area contributed by atoms with E-state index in [9.17, 15) is 9.59 Å². The number of benzene rings is 1. The average molecular weight is 412 g/mol. The summed E-state index contributed by atoms with van der Waals surface area (Å²) < 4.78 is 10.9. The highest BCUT2D eigenvalue weighted by Crippen LogP contribution is 2.28. The van der Waals surface area contributed by atoms with E-state index >= 15 is 0 Å². The molecule has 1 aliphatic rings. The molecule has 3 rings (SSSR count). The fourth-order valence-electron chi connectivity index (χ4n) is 3.49. The first-order chi connectivity index (χ1) is 14.6. The molecule has 0 atom stereocenters. The summed E-state index contributed by atoms with van der Waals surface area (Å²) >= 11 is 0. The van der Waals surface area contributed by atoms with Gasteiger partial charge in [-0.05, 0) is 37.5 Å². The molecule has 2 aromatic rings. The Morgan fingerprint density at radius 1 is 1.07 bits per heavy atom. The summed E-state index contributed by atoms with van der Waals surface area (Å²) in [6.07, 6.45) is 6.31. The van der Waals surface area contributed by atoms with Crippen molar-refractivity contribution in [3.8, 4) is 11.5 Å². The average Bonchev–Trinajstić information content (AvgIpc) is 3.05. The first kappa shape index (κ1) is 21.5. The molecule has 1 saturated heterocycles. The second kappa shape index (κ2) is 10.6.